The molecule has 3 rings (SSSR count). The van der Waals surface area contributed by atoms with E-state index in [1.807, 2.05) is 36.2 Å². The Morgan fingerprint density at radius 3 is 2.28 bits per heavy atom. The Labute approximate surface area is 186 Å². The second-order valence-corrected chi connectivity index (χ2v) is 7.43. The number of ketones is 1. The number of rotatable bonds is 8. The Morgan fingerprint density at radius 1 is 1.00 bits per heavy atom. The molecule has 0 unspecified atom stereocenters. The largest absolute Gasteiger partial charge is 0.395 e. The second-order valence-electron chi connectivity index (χ2n) is 7.43. The summed E-state index contributed by atoms with van der Waals surface area (Å²) in [6.07, 6.45) is 3.24. The van der Waals surface area contributed by atoms with Crippen LogP contribution < -0.4 is 10.2 Å². The first kappa shape index (κ1) is 22.9. The van der Waals surface area contributed by atoms with Crippen LogP contribution >= 0.6 is 0 Å². The lowest BCUT2D eigenvalue weighted by atomic mass is 10.1. The van der Waals surface area contributed by atoms with Crippen molar-refractivity contribution in [2.75, 3.05) is 30.4 Å². The number of nitrogens with zero attached hydrogens (tertiary/aromatic N) is 1. The monoisotopic (exact) mass is 432 g/mol. The van der Waals surface area contributed by atoms with Gasteiger partial charge in [0.15, 0.2) is 5.78 Å². The maximum Gasteiger partial charge on any atom is 0.255 e. The maximum absolute atomic E-state index is 13.4. The van der Waals surface area contributed by atoms with E-state index < -0.39 is 0 Å². The van der Waals surface area contributed by atoms with Crippen LogP contribution in [0.5, 0.6) is 0 Å². The van der Waals surface area contributed by atoms with Gasteiger partial charge in [-0.3, -0.25) is 9.59 Å². The number of benzene rings is 3. The third-order valence-corrected chi connectivity index (χ3v) is 5.04. The van der Waals surface area contributed by atoms with Crippen molar-refractivity contribution < 1.29 is 19.1 Å². The van der Waals surface area contributed by atoms with Gasteiger partial charge in [-0.25, -0.2) is 4.39 Å². The van der Waals surface area contributed by atoms with Gasteiger partial charge in [-0.1, -0.05) is 18.2 Å². The number of hydrogen-bond acceptors (Lipinski definition) is 4. The van der Waals surface area contributed by atoms with E-state index in [4.69, 9.17) is 5.11 Å². The summed E-state index contributed by atoms with van der Waals surface area (Å²) in [6, 6.07) is 18.4. The van der Waals surface area contributed by atoms with Gasteiger partial charge in [-0.15, -0.1) is 0 Å². The minimum absolute atomic E-state index is 0.0844. The third kappa shape index (κ3) is 5.89. The van der Waals surface area contributed by atoms with Crippen LogP contribution in [0.4, 0.5) is 15.8 Å². The molecule has 0 atom stereocenters. The lowest BCUT2D eigenvalue weighted by Gasteiger charge is -2.17. The predicted molar refractivity (Wildman–Crippen MR) is 126 cm³/mol. The first-order valence-corrected chi connectivity index (χ1v) is 10.2. The minimum Gasteiger partial charge on any atom is -0.395 e. The zero-order chi connectivity index (χ0) is 23.1. The molecule has 0 radical (unpaired) electrons. The standard InChI is InChI=1S/C26H25FN2O3/c1-18-17-21(8-13-24(18)27)26(32)28-22-9-6-20(7-10-22)25(31)14-5-19-3-11-23(12-4-19)29(2)15-16-30/h3-14,17,30H,15-16H2,1-2H3,(H,28,32)/b14-5+. The van der Waals surface area contributed by atoms with Crippen molar-refractivity contribution in [3.05, 3.63) is 101 Å². The highest BCUT2D eigenvalue weighted by Gasteiger charge is 2.09. The first-order valence-electron chi connectivity index (χ1n) is 10.2. The van der Waals surface area contributed by atoms with Crippen molar-refractivity contribution >= 4 is 29.1 Å². The number of hydrogen-bond donors (Lipinski definition) is 2. The molecule has 0 aliphatic rings. The highest BCUT2D eigenvalue weighted by Crippen LogP contribution is 2.16. The number of aliphatic hydroxyl groups excluding tert-OH is 1. The molecule has 0 heterocycles. The quantitative estimate of drug-likeness (QED) is 0.400. The average Bonchev–Trinajstić information content (AvgIpc) is 2.80. The molecular weight excluding hydrogens is 407 g/mol. The molecule has 164 valence electrons. The van der Waals surface area contributed by atoms with E-state index in [0.29, 0.717) is 28.9 Å². The van der Waals surface area contributed by atoms with Gasteiger partial charge in [0.05, 0.1) is 6.61 Å². The molecule has 0 fully saturated rings. The van der Waals surface area contributed by atoms with Crippen molar-refractivity contribution in [1.29, 1.82) is 0 Å². The van der Waals surface area contributed by atoms with Crippen molar-refractivity contribution in [2.45, 2.75) is 6.92 Å². The fourth-order valence-corrected chi connectivity index (χ4v) is 3.09. The highest BCUT2D eigenvalue weighted by molar-refractivity contribution is 6.08. The predicted octanol–water partition coefficient (Wildman–Crippen LogP) is 4.71. The summed E-state index contributed by atoms with van der Waals surface area (Å²) in [5, 5.41) is 11.8. The van der Waals surface area contributed by atoms with Crippen LogP contribution in [-0.2, 0) is 0 Å². The minimum atomic E-state index is -0.359. The van der Waals surface area contributed by atoms with E-state index in [1.165, 1.54) is 24.3 Å². The SMILES string of the molecule is Cc1cc(C(=O)Nc2ccc(C(=O)/C=C/c3ccc(N(C)CCO)cc3)cc2)ccc1F. The molecule has 1 amide bonds. The Kier molecular flexibility index (Phi) is 7.52. The number of allylic oxidation sites excluding steroid dienone is 1. The van der Waals surface area contributed by atoms with E-state index in [9.17, 15) is 14.0 Å². The normalized spacial score (nSPS) is 10.9. The fourth-order valence-electron chi connectivity index (χ4n) is 3.09. The second kappa shape index (κ2) is 10.5. The molecule has 0 aliphatic carbocycles. The Hall–Kier alpha value is -3.77. The van der Waals surface area contributed by atoms with E-state index in [1.54, 1.807) is 37.3 Å². The Balaban J connectivity index is 1.61. The molecule has 5 nitrogen and oxygen atoms in total. The number of amides is 1. The number of carbonyl (C=O) groups excluding carboxylic acids is 2. The van der Waals surface area contributed by atoms with Gasteiger partial charge in [-0.05, 0) is 78.7 Å². The molecule has 0 spiro atoms. The molecule has 0 bridgehead atoms. The van der Waals surface area contributed by atoms with Crippen molar-refractivity contribution in [2.24, 2.45) is 0 Å². The molecule has 3 aromatic carbocycles. The van der Waals surface area contributed by atoms with Gasteiger partial charge in [-0.2, -0.15) is 0 Å². The van der Waals surface area contributed by atoms with E-state index in [2.05, 4.69) is 5.32 Å². The zero-order valence-corrected chi connectivity index (χ0v) is 18.0. The molecule has 0 aromatic heterocycles. The number of halogens is 1. The highest BCUT2D eigenvalue weighted by atomic mass is 19.1. The lowest BCUT2D eigenvalue weighted by Crippen LogP contribution is -2.20. The number of likely N-dealkylation sites (N-methyl/N-ethyl adjacent to an activating group) is 1. The molecule has 32 heavy (non-hydrogen) atoms. The summed E-state index contributed by atoms with van der Waals surface area (Å²) in [5.41, 5.74) is 3.67. The molecule has 6 heteroatoms. The molecule has 0 aliphatic heterocycles. The van der Waals surface area contributed by atoms with Crippen LogP contribution in [0, 0.1) is 12.7 Å². The first-order chi connectivity index (χ1) is 15.4. The summed E-state index contributed by atoms with van der Waals surface area (Å²) in [5.74, 6) is -0.860. The van der Waals surface area contributed by atoms with Crippen LogP contribution in [-0.4, -0.2) is 37.0 Å². The van der Waals surface area contributed by atoms with E-state index in [0.717, 1.165) is 11.3 Å². The summed E-state index contributed by atoms with van der Waals surface area (Å²) in [6.45, 7) is 2.23. The Bertz CT molecular complexity index is 1120. The maximum atomic E-state index is 13.4. The summed E-state index contributed by atoms with van der Waals surface area (Å²) >= 11 is 0. The molecule has 0 saturated carbocycles. The van der Waals surface area contributed by atoms with Gasteiger partial charge in [0.25, 0.3) is 5.91 Å². The van der Waals surface area contributed by atoms with Crippen LogP contribution in [0.25, 0.3) is 6.08 Å². The van der Waals surface area contributed by atoms with Crippen LogP contribution in [0.2, 0.25) is 0 Å². The lowest BCUT2D eigenvalue weighted by molar-refractivity contribution is 0.102. The van der Waals surface area contributed by atoms with Gasteiger partial charge in [0.1, 0.15) is 5.82 Å². The summed E-state index contributed by atoms with van der Waals surface area (Å²) in [4.78, 5) is 26.7. The molecule has 2 N–H and O–H groups in total. The van der Waals surface area contributed by atoms with Gasteiger partial charge < -0.3 is 15.3 Å². The summed E-state index contributed by atoms with van der Waals surface area (Å²) in [7, 11) is 1.90. The van der Waals surface area contributed by atoms with Crippen LogP contribution in [0.3, 0.4) is 0 Å². The van der Waals surface area contributed by atoms with Crippen molar-refractivity contribution in [3.8, 4) is 0 Å². The number of nitrogens with one attached hydrogen (secondary N) is 1. The van der Waals surface area contributed by atoms with Crippen LogP contribution in [0.15, 0.2) is 72.8 Å². The van der Waals surface area contributed by atoms with E-state index >= 15 is 0 Å². The number of anilines is 2. The summed E-state index contributed by atoms with van der Waals surface area (Å²) < 4.78 is 13.4. The fraction of sp³-hybridized carbons (Fsp3) is 0.154. The van der Waals surface area contributed by atoms with Crippen molar-refractivity contribution in [1.82, 2.24) is 0 Å². The van der Waals surface area contributed by atoms with Gasteiger partial charge in [0, 0.05) is 36.1 Å². The zero-order valence-electron chi connectivity index (χ0n) is 18.0. The van der Waals surface area contributed by atoms with Crippen LogP contribution in [0.1, 0.15) is 31.8 Å². The Morgan fingerprint density at radius 2 is 1.66 bits per heavy atom. The van der Waals surface area contributed by atoms with Gasteiger partial charge in [0.2, 0.25) is 0 Å². The molecule has 0 saturated heterocycles. The number of carbonyl (C=O) groups is 2. The van der Waals surface area contributed by atoms with Crippen molar-refractivity contribution in [3.63, 3.8) is 0 Å². The molecule has 3 aromatic rings. The average molecular weight is 432 g/mol. The number of aryl methyl sites for hydroxylation is 1. The smallest absolute Gasteiger partial charge is 0.255 e. The third-order valence-electron chi connectivity index (χ3n) is 5.04. The topological polar surface area (TPSA) is 69.6 Å². The molecular formula is C26H25FN2O3. The van der Waals surface area contributed by atoms with Gasteiger partial charge >= 0.3 is 0 Å². The number of aliphatic hydroxyl groups is 1. The van der Waals surface area contributed by atoms with E-state index in [-0.39, 0.29) is 24.1 Å².